The zero-order valence-electron chi connectivity index (χ0n) is 15.5. The highest BCUT2D eigenvalue weighted by Crippen LogP contribution is 2.31. The first kappa shape index (κ1) is 18.8. The molecule has 0 spiro atoms. The molecule has 28 heavy (non-hydrogen) atoms. The van der Waals surface area contributed by atoms with Crippen LogP contribution in [0.5, 0.6) is 5.75 Å². The number of amides is 1. The summed E-state index contributed by atoms with van der Waals surface area (Å²) in [5.74, 6) is 1.87. The number of para-hydroxylation sites is 2. The summed E-state index contributed by atoms with van der Waals surface area (Å²) in [6.07, 6.45) is 2.32. The van der Waals surface area contributed by atoms with Gasteiger partial charge in [-0.25, -0.2) is 4.98 Å². The molecule has 1 aromatic heterocycles. The number of nitrogens with two attached hydrogens (primary N) is 1. The number of rotatable bonds is 8. The van der Waals surface area contributed by atoms with Gasteiger partial charge >= 0.3 is 0 Å². The largest absolute Gasteiger partial charge is 0.486 e. The van der Waals surface area contributed by atoms with Gasteiger partial charge in [0.25, 0.3) is 0 Å². The minimum atomic E-state index is -0.0769. The Balaban J connectivity index is 1.47. The van der Waals surface area contributed by atoms with Gasteiger partial charge in [-0.1, -0.05) is 23.7 Å². The first-order valence-corrected chi connectivity index (χ1v) is 9.83. The molecule has 1 saturated carbocycles. The number of ether oxygens (including phenoxy) is 1. The molecular weight excluding hydrogens is 376 g/mol. The van der Waals surface area contributed by atoms with Crippen molar-refractivity contribution in [2.75, 3.05) is 6.54 Å². The van der Waals surface area contributed by atoms with Crippen LogP contribution in [0.4, 0.5) is 0 Å². The van der Waals surface area contributed by atoms with E-state index in [1.807, 2.05) is 28.8 Å². The molecule has 1 amide bonds. The van der Waals surface area contributed by atoms with Gasteiger partial charge in [-0.05, 0) is 55.2 Å². The van der Waals surface area contributed by atoms with Gasteiger partial charge < -0.3 is 20.4 Å². The Labute approximate surface area is 168 Å². The number of halogens is 1. The fraction of sp³-hybridized carbons (Fsp3) is 0.333. The third kappa shape index (κ3) is 4.46. The van der Waals surface area contributed by atoms with Crippen LogP contribution in [0.3, 0.4) is 0 Å². The van der Waals surface area contributed by atoms with Crippen LogP contribution in [0.1, 0.15) is 18.7 Å². The van der Waals surface area contributed by atoms with Crippen molar-refractivity contribution < 1.29 is 9.53 Å². The highest BCUT2D eigenvalue weighted by molar-refractivity contribution is 6.30. The van der Waals surface area contributed by atoms with E-state index in [4.69, 9.17) is 22.1 Å². The number of nitrogens with zero attached hydrogens (tertiary/aromatic N) is 2. The van der Waals surface area contributed by atoms with Gasteiger partial charge in [-0.15, -0.1) is 0 Å². The number of hydrogen-bond acceptors (Lipinski definition) is 4. The second-order valence-corrected chi connectivity index (χ2v) is 7.59. The lowest BCUT2D eigenvalue weighted by Gasteiger charge is -2.14. The van der Waals surface area contributed by atoms with Gasteiger partial charge in [-0.2, -0.15) is 0 Å². The van der Waals surface area contributed by atoms with Gasteiger partial charge in [0.05, 0.1) is 11.0 Å². The van der Waals surface area contributed by atoms with E-state index < -0.39 is 0 Å². The minimum absolute atomic E-state index is 0.0381. The molecule has 0 radical (unpaired) electrons. The molecule has 146 valence electrons. The van der Waals surface area contributed by atoms with Crippen LogP contribution in [0, 0.1) is 5.92 Å². The van der Waals surface area contributed by atoms with Gasteiger partial charge in [0.2, 0.25) is 5.91 Å². The molecule has 0 saturated heterocycles. The summed E-state index contributed by atoms with van der Waals surface area (Å²) in [5, 5.41) is 3.60. The Morgan fingerprint density at radius 3 is 2.75 bits per heavy atom. The summed E-state index contributed by atoms with van der Waals surface area (Å²) in [7, 11) is 0. The van der Waals surface area contributed by atoms with Crippen LogP contribution in [0.15, 0.2) is 48.5 Å². The smallest absolute Gasteiger partial charge is 0.240 e. The first-order valence-electron chi connectivity index (χ1n) is 9.45. The second kappa shape index (κ2) is 8.20. The summed E-state index contributed by atoms with van der Waals surface area (Å²) in [5.41, 5.74) is 7.82. The number of fused-ring (bicyclic) bond motifs is 1. The Kier molecular flexibility index (Phi) is 5.50. The molecule has 1 heterocycles. The van der Waals surface area contributed by atoms with Gasteiger partial charge in [-0.3, -0.25) is 4.79 Å². The molecule has 1 aliphatic rings. The maximum absolute atomic E-state index is 12.5. The number of hydrogen-bond donors (Lipinski definition) is 2. The third-order valence-electron chi connectivity index (χ3n) is 4.98. The van der Waals surface area contributed by atoms with Crippen molar-refractivity contribution in [2.24, 2.45) is 11.7 Å². The molecule has 3 N–H and O–H groups in total. The summed E-state index contributed by atoms with van der Waals surface area (Å²) in [4.78, 5) is 17.1. The average molecular weight is 399 g/mol. The molecule has 4 rings (SSSR count). The lowest BCUT2D eigenvalue weighted by molar-refractivity contribution is -0.121. The van der Waals surface area contributed by atoms with Crippen LogP contribution in [-0.4, -0.2) is 28.0 Å². The van der Waals surface area contributed by atoms with E-state index in [1.165, 1.54) is 0 Å². The molecule has 1 aliphatic carbocycles. The van der Waals surface area contributed by atoms with Crippen molar-refractivity contribution in [1.29, 1.82) is 0 Å². The zero-order chi connectivity index (χ0) is 19.5. The van der Waals surface area contributed by atoms with Crippen molar-refractivity contribution in [2.45, 2.75) is 32.0 Å². The summed E-state index contributed by atoms with van der Waals surface area (Å²) in [6, 6.07) is 14.9. The molecule has 6 nitrogen and oxygen atoms in total. The van der Waals surface area contributed by atoms with Crippen LogP contribution in [0.25, 0.3) is 11.0 Å². The predicted octanol–water partition coefficient (Wildman–Crippen LogP) is 3.12. The predicted molar refractivity (Wildman–Crippen MR) is 109 cm³/mol. The van der Waals surface area contributed by atoms with Gasteiger partial charge in [0.1, 0.15) is 24.7 Å². The minimum Gasteiger partial charge on any atom is -0.486 e. The molecule has 1 atom stereocenters. The molecule has 0 aliphatic heterocycles. The maximum Gasteiger partial charge on any atom is 0.240 e. The van der Waals surface area contributed by atoms with E-state index >= 15 is 0 Å². The normalized spacial score (nSPS) is 14.8. The van der Waals surface area contributed by atoms with Crippen molar-refractivity contribution >= 4 is 28.5 Å². The highest BCUT2D eigenvalue weighted by atomic mass is 35.5. The van der Waals surface area contributed by atoms with Crippen LogP contribution < -0.4 is 15.8 Å². The van der Waals surface area contributed by atoms with E-state index in [0.29, 0.717) is 29.1 Å². The topological polar surface area (TPSA) is 82.2 Å². The van der Waals surface area contributed by atoms with E-state index in [-0.39, 0.29) is 25.1 Å². The van der Waals surface area contributed by atoms with Crippen molar-refractivity contribution in [3.63, 3.8) is 0 Å². The molecule has 1 unspecified atom stereocenters. The molecular formula is C21H23ClN4O2. The highest BCUT2D eigenvalue weighted by Gasteiger charge is 2.28. The monoisotopic (exact) mass is 398 g/mol. The Morgan fingerprint density at radius 1 is 1.25 bits per heavy atom. The molecule has 1 fully saturated rings. The van der Waals surface area contributed by atoms with Crippen molar-refractivity contribution in [1.82, 2.24) is 14.9 Å². The molecule has 0 bridgehead atoms. The Morgan fingerprint density at radius 2 is 2.00 bits per heavy atom. The first-order chi connectivity index (χ1) is 13.6. The van der Waals surface area contributed by atoms with Gasteiger partial charge in [0, 0.05) is 17.6 Å². The number of carbonyl (C=O) groups excluding carboxylic acids is 1. The van der Waals surface area contributed by atoms with Crippen LogP contribution >= 0.6 is 11.6 Å². The lowest BCUT2D eigenvalue weighted by atomic mass is 10.2. The maximum atomic E-state index is 12.5. The summed E-state index contributed by atoms with van der Waals surface area (Å²) >= 11 is 5.91. The van der Waals surface area contributed by atoms with Crippen molar-refractivity contribution in [3.05, 3.63) is 59.4 Å². The average Bonchev–Trinajstić information content (AvgIpc) is 3.50. The number of benzene rings is 2. The number of imidazole rings is 1. The SMILES string of the molecule is NC(CNC(=O)Cn1c(COc2ccc(Cl)cc2)nc2ccccc21)C1CC1. The quantitative estimate of drug-likeness (QED) is 0.610. The van der Waals surface area contributed by atoms with Gasteiger partial charge in [0.15, 0.2) is 0 Å². The fourth-order valence-electron chi connectivity index (χ4n) is 3.21. The fourth-order valence-corrected chi connectivity index (χ4v) is 3.34. The van der Waals surface area contributed by atoms with Crippen LogP contribution in [-0.2, 0) is 17.9 Å². The molecule has 3 aromatic rings. The lowest BCUT2D eigenvalue weighted by Crippen LogP contribution is -2.40. The number of nitrogens with one attached hydrogen (secondary N) is 1. The van der Waals surface area contributed by atoms with E-state index in [0.717, 1.165) is 23.9 Å². The number of carbonyl (C=O) groups is 1. The molecule has 7 heteroatoms. The zero-order valence-corrected chi connectivity index (χ0v) is 16.2. The van der Waals surface area contributed by atoms with E-state index in [9.17, 15) is 4.79 Å². The van der Waals surface area contributed by atoms with E-state index in [1.54, 1.807) is 24.3 Å². The summed E-state index contributed by atoms with van der Waals surface area (Å²) in [6.45, 7) is 0.940. The Hall–Kier alpha value is -2.57. The third-order valence-corrected chi connectivity index (χ3v) is 5.23. The van der Waals surface area contributed by atoms with Crippen molar-refractivity contribution in [3.8, 4) is 5.75 Å². The summed E-state index contributed by atoms with van der Waals surface area (Å²) < 4.78 is 7.74. The molecule has 2 aromatic carbocycles. The van der Waals surface area contributed by atoms with Crippen LogP contribution in [0.2, 0.25) is 5.02 Å². The standard InChI is InChI=1S/C21H23ClN4O2/c22-15-7-9-16(10-8-15)28-13-20-25-18-3-1-2-4-19(18)26(20)12-21(27)24-11-17(23)14-5-6-14/h1-4,7-10,14,17H,5-6,11-13,23H2,(H,24,27). The Bertz CT molecular complexity index is 966. The number of aromatic nitrogens is 2. The van der Waals surface area contributed by atoms with E-state index in [2.05, 4.69) is 10.3 Å². The second-order valence-electron chi connectivity index (χ2n) is 7.15.